The predicted molar refractivity (Wildman–Crippen MR) is 115 cm³/mol. The fourth-order valence-electron chi connectivity index (χ4n) is 3.32. The second kappa shape index (κ2) is 16.3. The third kappa shape index (κ3) is 10.2. The van der Waals surface area contributed by atoms with Gasteiger partial charge in [0.1, 0.15) is 24.4 Å². The van der Waals surface area contributed by atoms with Gasteiger partial charge in [0.25, 0.3) is 0 Å². The van der Waals surface area contributed by atoms with Crippen LogP contribution in [-0.2, 0) is 28.5 Å². The predicted octanol–water partition coefficient (Wildman–Crippen LogP) is -0.221. The summed E-state index contributed by atoms with van der Waals surface area (Å²) >= 11 is 0. The van der Waals surface area contributed by atoms with E-state index in [4.69, 9.17) is 24.1 Å². The summed E-state index contributed by atoms with van der Waals surface area (Å²) in [6, 6.07) is 0. The number of unbranched alkanes of at least 4 members (excludes halogenated alkanes) is 4. The molecule has 0 bridgehead atoms. The van der Waals surface area contributed by atoms with Crippen LogP contribution in [0.25, 0.3) is 0 Å². The number of hydrogen-bond donors (Lipinski definition) is 5. The van der Waals surface area contributed by atoms with Crippen LogP contribution in [0.4, 0.5) is 0 Å². The molecular formula is C22H40O11. The molecule has 1 rings (SSSR count). The molecule has 1 fully saturated rings. The number of aliphatic hydroxyl groups is 5. The van der Waals surface area contributed by atoms with Crippen molar-refractivity contribution in [2.45, 2.75) is 108 Å². The molecule has 0 unspecified atom stereocenters. The average molecular weight is 481 g/mol. The number of rotatable bonds is 16. The topological polar surface area (TPSA) is 172 Å². The Bertz CT molecular complexity index is 558. The maximum Gasteiger partial charge on any atom is 0.306 e. The van der Waals surface area contributed by atoms with E-state index in [0.717, 1.165) is 25.7 Å². The maximum atomic E-state index is 12.4. The highest BCUT2D eigenvalue weighted by atomic mass is 16.7. The average Bonchev–Trinajstić information content (AvgIpc) is 2.80. The highest BCUT2D eigenvalue weighted by Gasteiger charge is 2.50. The van der Waals surface area contributed by atoms with Gasteiger partial charge in [-0.1, -0.05) is 39.5 Å². The molecule has 1 heterocycles. The van der Waals surface area contributed by atoms with Crippen molar-refractivity contribution in [1.82, 2.24) is 0 Å². The molecule has 0 aliphatic carbocycles. The summed E-state index contributed by atoms with van der Waals surface area (Å²) in [5.74, 6) is -1.21. The zero-order chi connectivity index (χ0) is 24.8. The van der Waals surface area contributed by atoms with Crippen molar-refractivity contribution in [3.05, 3.63) is 0 Å². The number of carbonyl (C=O) groups excluding carboxylic acids is 2. The van der Waals surface area contributed by atoms with E-state index in [1.54, 1.807) is 0 Å². The van der Waals surface area contributed by atoms with Gasteiger partial charge in [-0.3, -0.25) is 9.59 Å². The van der Waals surface area contributed by atoms with Gasteiger partial charge in [-0.25, -0.2) is 0 Å². The SMILES string of the molecule is CCCCCC(=O)O[C@@H]1[C@H](OC[C@@H](O)[C@H](O)CO)O[C@H](CO)[C@@H](O)[C@@H]1OC(=O)CCCCC. The molecule has 0 amide bonds. The van der Waals surface area contributed by atoms with Gasteiger partial charge < -0.3 is 44.5 Å². The Morgan fingerprint density at radius 3 is 1.91 bits per heavy atom. The van der Waals surface area contributed by atoms with Crippen molar-refractivity contribution in [3.63, 3.8) is 0 Å². The number of esters is 2. The van der Waals surface area contributed by atoms with Crippen LogP contribution in [0.1, 0.15) is 65.2 Å². The number of carbonyl (C=O) groups is 2. The fraction of sp³-hybridized carbons (Fsp3) is 0.909. The van der Waals surface area contributed by atoms with Crippen molar-refractivity contribution in [3.8, 4) is 0 Å². The minimum Gasteiger partial charge on any atom is -0.455 e. The first-order chi connectivity index (χ1) is 15.8. The number of ether oxygens (including phenoxy) is 4. The first kappa shape index (κ1) is 29.7. The van der Waals surface area contributed by atoms with Crippen molar-refractivity contribution >= 4 is 11.9 Å². The summed E-state index contributed by atoms with van der Waals surface area (Å²) < 4.78 is 21.9. The zero-order valence-electron chi connectivity index (χ0n) is 19.5. The second-order valence-electron chi connectivity index (χ2n) is 8.19. The van der Waals surface area contributed by atoms with Gasteiger partial charge in [-0.15, -0.1) is 0 Å². The van der Waals surface area contributed by atoms with Gasteiger partial charge >= 0.3 is 11.9 Å². The van der Waals surface area contributed by atoms with E-state index in [-0.39, 0.29) is 12.8 Å². The van der Waals surface area contributed by atoms with E-state index in [2.05, 4.69) is 0 Å². The Morgan fingerprint density at radius 1 is 0.879 bits per heavy atom. The molecule has 0 aromatic rings. The van der Waals surface area contributed by atoms with Gasteiger partial charge in [0, 0.05) is 12.8 Å². The molecule has 0 saturated carbocycles. The summed E-state index contributed by atoms with van der Waals surface area (Å²) in [4.78, 5) is 24.7. The molecule has 33 heavy (non-hydrogen) atoms. The van der Waals surface area contributed by atoms with E-state index < -0.39 is 74.7 Å². The van der Waals surface area contributed by atoms with Crippen LogP contribution in [0.5, 0.6) is 0 Å². The maximum absolute atomic E-state index is 12.4. The van der Waals surface area contributed by atoms with Crippen LogP contribution < -0.4 is 0 Å². The van der Waals surface area contributed by atoms with Crippen molar-refractivity contribution in [1.29, 1.82) is 0 Å². The third-order valence-corrected chi connectivity index (χ3v) is 5.36. The monoisotopic (exact) mass is 480 g/mol. The van der Waals surface area contributed by atoms with Gasteiger partial charge in [0.15, 0.2) is 18.5 Å². The van der Waals surface area contributed by atoms with E-state index in [9.17, 15) is 30.0 Å². The van der Waals surface area contributed by atoms with E-state index in [0.29, 0.717) is 12.8 Å². The van der Waals surface area contributed by atoms with Gasteiger partial charge in [-0.05, 0) is 12.8 Å². The van der Waals surface area contributed by atoms with Crippen LogP contribution in [0.15, 0.2) is 0 Å². The lowest BCUT2D eigenvalue weighted by Crippen LogP contribution is -2.62. The molecule has 0 radical (unpaired) electrons. The molecule has 0 aromatic carbocycles. The molecule has 0 aromatic heterocycles. The fourth-order valence-corrected chi connectivity index (χ4v) is 3.32. The summed E-state index contributed by atoms with van der Waals surface area (Å²) in [7, 11) is 0. The Morgan fingerprint density at radius 2 is 1.42 bits per heavy atom. The molecule has 194 valence electrons. The van der Waals surface area contributed by atoms with Crippen molar-refractivity contribution in [2.75, 3.05) is 19.8 Å². The molecule has 11 nitrogen and oxygen atoms in total. The smallest absolute Gasteiger partial charge is 0.306 e. The molecule has 0 spiro atoms. The Balaban J connectivity index is 3.01. The second-order valence-corrected chi connectivity index (χ2v) is 8.19. The molecule has 11 heteroatoms. The van der Waals surface area contributed by atoms with Crippen LogP contribution >= 0.6 is 0 Å². The summed E-state index contributed by atoms with van der Waals surface area (Å²) in [5, 5.41) is 48.6. The van der Waals surface area contributed by atoms with Crippen LogP contribution in [0, 0.1) is 0 Å². The van der Waals surface area contributed by atoms with Gasteiger partial charge in [0.2, 0.25) is 0 Å². The number of aliphatic hydroxyl groups excluding tert-OH is 5. The van der Waals surface area contributed by atoms with Crippen LogP contribution in [0.2, 0.25) is 0 Å². The largest absolute Gasteiger partial charge is 0.455 e. The standard InChI is InChI=1S/C22H40O11/c1-3-5-7-9-17(27)32-20-19(29)16(12-24)31-22(30-13-15(26)14(25)11-23)21(20)33-18(28)10-8-6-4-2/h14-16,19-26,29H,3-13H2,1-2H3/t14-,15-,16-,19-,20+,21+,22-/m1/s1. The van der Waals surface area contributed by atoms with E-state index in [1.807, 2.05) is 13.8 Å². The summed E-state index contributed by atoms with van der Waals surface area (Å²) in [6.45, 7) is 2.11. The first-order valence-electron chi connectivity index (χ1n) is 11.7. The summed E-state index contributed by atoms with van der Waals surface area (Å²) in [6.07, 6.45) is -5.01. The zero-order valence-corrected chi connectivity index (χ0v) is 19.5. The highest BCUT2D eigenvalue weighted by molar-refractivity contribution is 5.70. The van der Waals surface area contributed by atoms with Gasteiger partial charge in [0.05, 0.1) is 19.8 Å². The molecule has 1 aliphatic rings. The molecule has 5 N–H and O–H groups in total. The Kier molecular flexibility index (Phi) is 14.7. The van der Waals surface area contributed by atoms with E-state index >= 15 is 0 Å². The first-order valence-corrected chi connectivity index (χ1v) is 11.7. The van der Waals surface area contributed by atoms with Crippen molar-refractivity contribution in [2.24, 2.45) is 0 Å². The minimum absolute atomic E-state index is 0.0968. The van der Waals surface area contributed by atoms with E-state index in [1.165, 1.54) is 0 Å². The lowest BCUT2D eigenvalue weighted by Gasteiger charge is -2.43. The molecule has 1 aliphatic heterocycles. The molecule has 7 atom stereocenters. The third-order valence-electron chi connectivity index (χ3n) is 5.36. The molecular weight excluding hydrogens is 440 g/mol. The normalized spacial score (nSPS) is 27.1. The molecule has 1 saturated heterocycles. The summed E-state index contributed by atoms with van der Waals surface area (Å²) in [5.41, 5.74) is 0. The van der Waals surface area contributed by atoms with Crippen molar-refractivity contribution < 1.29 is 54.1 Å². The lowest BCUT2D eigenvalue weighted by molar-refractivity contribution is -0.311. The Hall–Kier alpha value is -1.34. The van der Waals surface area contributed by atoms with Gasteiger partial charge in [-0.2, -0.15) is 0 Å². The quantitative estimate of drug-likeness (QED) is 0.146. The van der Waals surface area contributed by atoms with Crippen LogP contribution in [-0.4, -0.2) is 100 Å². The lowest BCUT2D eigenvalue weighted by atomic mass is 9.98. The Labute approximate surface area is 194 Å². The highest BCUT2D eigenvalue weighted by Crippen LogP contribution is 2.28. The van der Waals surface area contributed by atoms with Crippen LogP contribution in [0.3, 0.4) is 0 Å². The minimum atomic E-state index is -1.49. The number of hydrogen-bond acceptors (Lipinski definition) is 11.